The maximum absolute atomic E-state index is 3.83. The van der Waals surface area contributed by atoms with E-state index in [1.807, 2.05) is 0 Å². The van der Waals surface area contributed by atoms with Crippen LogP contribution in [0.1, 0.15) is 64.7 Å². The summed E-state index contributed by atoms with van der Waals surface area (Å²) in [5.74, 6) is 1.96. The highest BCUT2D eigenvalue weighted by Crippen LogP contribution is 2.30. The van der Waals surface area contributed by atoms with Gasteiger partial charge in [-0.25, -0.2) is 0 Å². The summed E-state index contributed by atoms with van der Waals surface area (Å²) >= 11 is 0. The zero-order chi connectivity index (χ0) is 10.5. The van der Waals surface area contributed by atoms with E-state index in [1.165, 1.54) is 64.3 Å². The van der Waals surface area contributed by atoms with Crippen LogP contribution in [0.5, 0.6) is 0 Å². The molecule has 2 saturated carbocycles. The molecule has 0 heterocycles. The molecule has 0 amide bonds. The van der Waals surface area contributed by atoms with Crippen molar-refractivity contribution in [2.45, 2.75) is 70.8 Å². The van der Waals surface area contributed by atoms with Crippen molar-refractivity contribution in [1.82, 2.24) is 5.32 Å². The summed E-state index contributed by atoms with van der Waals surface area (Å²) in [7, 11) is 0. The molecule has 0 aromatic heterocycles. The van der Waals surface area contributed by atoms with Crippen LogP contribution in [-0.2, 0) is 0 Å². The molecule has 0 aromatic carbocycles. The second-order valence-corrected chi connectivity index (χ2v) is 5.77. The number of hydrogen-bond acceptors (Lipinski definition) is 1. The third-order valence-corrected chi connectivity index (χ3v) is 4.56. The lowest BCUT2D eigenvalue weighted by atomic mass is 9.97. The lowest BCUT2D eigenvalue weighted by molar-refractivity contribution is 0.352. The first-order valence-electron chi connectivity index (χ1n) is 7.09. The smallest absolute Gasteiger partial charge is 0.00671 e. The molecule has 2 fully saturated rings. The normalized spacial score (nSPS) is 34.2. The van der Waals surface area contributed by atoms with Crippen LogP contribution in [0.4, 0.5) is 0 Å². The van der Waals surface area contributed by atoms with Gasteiger partial charge < -0.3 is 5.32 Å². The van der Waals surface area contributed by atoms with Crippen LogP contribution < -0.4 is 5.32 Å². The summed E-state index contributed by atoms with van der Waals surface area (Å²) in [6.45, 7) is 3.73. The van der Waals surface area contributed by atoms with E-state index in [9.17, 15) is 0 Å². The van der Waals surface area contributed by atoms with Gasteiger partial charge in [0, 0.05) is 6.04 Å². The maximum atomic E-state index is 3.83. The topological polar surface area (TPSA) is 12.0 Å². The van der Waals surface area contributed by atoms with Gasteiger partial charge in [0.25, 0.3) is 0 Å². The van der Waals surface area contributed by atoms with Gasteiger partial charge in [-0.1, -0.05) is 45.4 Å². The van der Waals surface area contributed by atoms with Crippen LogP contribution in [0.2, 0.25) is 0 Å². The predicted octanol–water partition coefficient (Wildman–Crippen LogP) is 3.74. The van der Waals surface area contributed by atoms with Crippen molar-refractivity contribution in [3.8, 4) is 0 Å². The van der Waals surface area contributed by atoms with Crippen LogP contribution in [0, 0.1) is 11.8 Å². The largest absolute Gasteiger partial charge is 0.314 e. The van der Waals surface area contributed by atoms with E-state index >= 15 is 0 Å². The molecule has 0 saturated heterocycles. The zero-order valence-corrected chi connectivity index (χ0v) is 10.3. The van der Waals surface area contributed by atoms with Crippen molar-refractivity contribution in [2.24, 2.45) is 11.8 Å². The van der Waals surface area contributed by atoms with Crippen molar-refractivity contribution >= 4 is 0 Å². The van der Waals surface area contributed by atoms with Gasteiger partial charge in [0.05, 0.1) is 0 Å². The van der Waals surface area contributed by atoms with Crippen LogP contribution in [0.3, 0.4) is 0 Å². The highest BCUT2D eigenvalue weighted by Gasteiger charge is 2.23. The highest BCUT2D eigenvalue weighted by atomic mass is 14.9. The molecule has 2 unspecified atom stereocenters. The zero-order valence-electron chi connectivity index (χ0n) is 10.3. The van der Waals surface area contributed by atoms with E-state index < -0.39 is 0 Å². The van der Waals surface area contributed by atoms with Crippen LogP contribution in [0.25, 0.3) is 0 Å². The summed E-state index contributed by atoms with van der Waals surface area (Å²) in [5, 5.41) is 3.83. The standard InChI is InChI=1S/C14H27N/c1-12-7-6-8-13(12)11-15-14-9-4-2-3-5-10-14/h12-15H,2-11H2,1H3. The number of hydrogen-bond donors (Lipinski definition) is 1. The fourth-order valence-corrected chi connectivity index (χ4v) is 3.33. The molecule has 2 atom stereocenters. The maximum Gasteiger partial charge on any atom is 0.00671 e. The summed E-state index contributed by atoms with van der Waals surface area (Å²) < 4.78 is 0. The van der Waals surface area contributed by atoms with Crippen molar-refractivity contribution in [3.05, 3.63) is 0 Å². The molecule has 1 N–H and O–H groups in total. The van der Waals surface area contributed by atoms with Crippen LogP contribution in [0.15, 0.2) is 0 Å². The van der Waals surface area contributed by atoms with Gasteiger partial charge in [-0.05, 0) is 37.6 Å². The Balaban J connectivity index is 1.67. The molecule has 0 radical (unpaired) electrons. The van der Waals surface area contributed by atoms with Crippen molar-refractivity contribution in [2.75, 3.05) is 6.54 Å². The Morgan fingerprint density at radius 3 is 2.20 bits per heavy atom. The lowest BCUT2D eigenvalue weighted by Gasteiger charge is -2.21. The van der Waals surface area contributed by atoms with Gasteiger partial charge in [-0.15, -0.1) is 0 Å². The van der Waals surface area contributed by atoms with E-state index in [0.29, 0.717) is 0 Å². The molecule has 0 aliphatic heterocycles. The van der Waals surface area contributed by atoms with E-state index in [-0.39, 0.29) is 0 Å². The van der Waals surface area contributed by atoms with E-state index in [2.05, 4.69) is 12.2 Å². The van der Waals surface area contributed by atoms with Crippen molar-refractivity contribution in [3.63, 3.8) is 0 Å². The van der Waals surface area contributed by atoms with Gasteiger partial charge in [0.2, 0.25) is 0 Å². The fraction of sp³-hybridized carbons (Fsp3) is 1.00. The van der Waals surface area contributed by atoms with E-state index in [4.69, 9.17) is 0 Å². The minimum atomic E-state index is 0.847. The molecule has 0 bridgehead atoms. The molecule has 1 heteroatoms. The van der Waals surface area contributed by atoms with E-state index in [0.717, 1.165) is 17.9 Å². The summed E-state index contributed by atoms with van der Waals surface area (Å²) in [6.07, 6.45) is 13.1. The Morgan fingerprint density at radius 1 is 0.867 bits per heavy atom. The molecule has 0 aromatic rings. The first-order valence-corrected chi connectivity index (χ1v) is 7.09. The molecule has 2 aliphatic rings. The molecule has 1 nitrogen and oxygen atoms in total. The second-order valence-electron chi connectivity index (χ2n) is 5.77. The van der Waals surface area contributed by atoms with Gasteiger partial charge in [-0.2, -0.15) is 0 Å². The highest BCUT2D eigenvalue weighted by molar-refractivity contribution is 4.79. The molecule has 15 heavy (non-hydrogen) atoms. The summed E-state index contributed by atoms with van der Waals surface area (Å²) in [4.78, 5) is 0. The average molecular weight is 209 g/mol. The monoisotopic (exact) mass is 209 g/mol. The van der Waals surface area contributed by atoms with Crippen LogP contribution in [-0.4, -0.2) is 12.6 Å². The second kappa shape index (κ2) is 5.89. The van der Waals surface area contributed by atoms with Crippen molar-refractivity contribution < 1.29 is 0 Å². The summed E-state index contributed by atoms with van der Waals surface area (Å²) in [5.41, 5.74) is 0. The molecular weight excluding hydrogens is 182 g/mol. The Labute approximate surface area is 95.0 Å². The molecular formula is C14H27N. The predicted molar refractivity (Wildman–Crippen MR) is 66.0 cm³/mol. The third kappa shape index (κ3) is 3.48. The average Bonchev–Trinajstić information content (AvgIpc) is 2.53. The molecule has 2 aliphatic carbocycles. The summed E-state index contributed by atoms with van der Waals surface area (Å²) in [6, 6.07) is 0.847. The minimum Gasteiger partial charge on any atom is -0.314 e. The number of nitrogens with one attached hydrogen (secondary N) is 1. The molecule has 2 rings (SSSR count). The van der Waals surface area contributed by atoms with Crippen molar-refractivity contribution in [1.29, 1.82) is 0 Å². The Kier molecular flexibility index (Phi) is 4.49. The van der Waals surface area contributed by atoms with Gasteiger partial charge in [0.1, 0.15) is 0 Å². The Bertz CT molecular complexity index is 170. The van der Waals surface area contributed by atoms with E-state index in [1.54, 1.807) is 0 Å². The first kappa shape index (κ1) is 11.4. The Hall–Kier alpha value is -0.0400. The van der Waals surface area contributed by atoms with Crippen LogP contribution >= 0.6 is 0 Å². The molecule has 0 spiro atoms. The fourth-order valence-electron chi connectivity index (χ4n) is 3.33. The SMILES string of the molecule is CC1CCCC1CNC1CCCCCC1. The van der Waals surface area contributed by atoms with Gasteiger partial charge in [0.15, 0.2) is 0 Å². The third-order valence-electron chi connectivity index (χ3n) is 4.56. The lowest BCUT2D eigenvalue weighted by Crippen LogP contribution is -2.33. The Morgan fingerprint density at radius 2 is 1.60 bits per heavy atom. The van der Waals surface area contributed by atoms with Gasteiger partial charge >= 0.3 is 0 Å². The minimum absolute atomic E-state index is 0.847. The first-order chi connectivity index (χ1) is 7.36. The quantitative estimate of drug-likeness (QED) is 0.698. The molecule has 88 valence electrons. The number of rotatable bonds is 3. The van der Waals surface area contributed by atoms with Gasteiger partial charge in [-0.3, -0.25) is 0 Å².